The molecule has 0 aromatic heterocycles. The number of nitrogens with one attached hydrogen (secondary N) is 1. The fourth-order valence-corrected chi connectivity index (χ4v) is 3.73. The van der Waals surface area contributed by atoms with E-state index < -0.39 is 18.5 Å². The molecule has 0 saturated heterocycles. The molecule has 1 unspecified atom stereocenters. The van der Waals surface area contributed by atoms with Crippen molar-refractivity contribution in [3.05, 3.63) is 106 Å². The average Bonchev–Trinajstić information content (AvgIpc) is 2.86. The Morgan fingerprint density at radius 1 is 1.09 bits per heavy atom. The molecule has 6 heteroatoms. The summed E-state index contributed by atoms with van der Waals surface area (Å²) in [6.07, 6.45) is -0.300. The molecule has 1 atom stereocenters. The van der Waals surface area contributed by atoms with Crippen molar-refractivity contribution in [3.8, 4) is 0 Å². The van der Waals surface area contributed by atoms with Gasteiger partial charge in [0.25, 0.3) is 11.8 Å². The molecule has 5 nitrogen and oxygen atoms in total. The van der Waals surface area contributed by atoms with Crippen LogP contribution in [0.15, 0.2) is 72.8 Å². The van der Waals surface area contributed by atoms with Gasteiger partial charge in [-0.1, -0.05) is 42.0 Å². The van der Waals surface area contributed by atoms with E-state index in [0.717, 1.165) is 22.6 Å². The number of halogens is 1. The summed E-state index contributed by atoms with van der Waals surface area (Å²) in [6, 6.07) is 16.1. The summed E-state index contributed by atoms with van der Waals surface area (Å²) in [7, 11) is 0. The summed E-state index contributed by atoms with van der Waals surface area (Å²) in [6.45, 7) is 1.19. The lowest BCUT2D eigenvalue weighted by Gasteiger charge is -2.24. The first-order chi connectivity index (χ1) is 16.4. The number of aliphatic hydroxyl groups is 1. The van der Waals surface area contributed by atoms with E-state index in [1.165, 1.54) is 24.3 Å². The number of carbonyl (C=O) groups is 2. The highest BCUT2D eigenvalue weighted by Gasteiger charge is 2.25. The number of carbonyl (C=O) groups excluding carboxylic acids is 2. The fourth-order valence-electron chi connectivity index (χ4n) is 3.55. The van der Waals surface area contributed by atoms with Crippen LogP contribution in [-0.4, -0.2) is 23.4 Å². The summed E-state index contributed by atoms with van der Waals surface area (Å²) in [5, 5.41) is 13.7. The van der Waals surface area contributed by atoms with Crippen LogP contribution in [0.25, 0.3) is 0 Å². The molecule has 162 valence electrons. The molecule has 2 amide bonds. The highest BCUT2D eigenvalue weighted by molar-refractivity contribution is 6.30. The van der Waals surface area contributed by atoms with Crippen molar-refractivity contribution < 1.29 is 18.8 Å². The second-order valence-corrected chi connectivity index (χ2v) is 7.88. The van der Waals surface area contributed by atoms with E-state index in [2.05, 4.69) is 5.32 Å². The lowest BCUT2D eigenvalue weighted by molar-refractivity contribution is 0.0987. The number of fused-ring (bicyclic) bond motifs is 1. The molecule has 3 aromatic carbocycles. The molecule has 32 heavy (non-hydrogen) atoms. The minimum absolute atomic E-state index is 0.0178. The van der Waals surface area contributed by atoms with Gasteiger partial charge in [-0.05, 0) is 67.4 Å². The molecule has 4 rings (SSSR count). The zero-order valence-corrected chi connectivity index (χ0v) is 18.3. The second-order valence-electron chi connectivity index (χ2n) is 7.45. The maximum atomic E-state index is 13.6. The predicted molar refractivity (Wildman–Crippen MR) is 128 cm³/mol. The first-order valence-electron chi connectivity index (χ1n) is 11.5. The Balaban J connectivity index is 1.70. The molecule has 0 radical (unpaired) electrons. The van der Waals surface area contributed by atoms with Gasteiger partial charge >= 0.3 is 0 Å². The van der Waals surface area contributed by atoms with E-state index in [4.69, 9.17) is 15.7 Å². The van der Waals surface area contributed by atoms with Gasteiger partial charge in [-0.15, -0.1) is 0 Å². The number of hydrogen-bond donors (Lipinski definition) is 2. The summed E-state index contributed by atoms with van der Waals surface area (Å²) >= 11 is 6.06. The van der Waals surface area contributed by atoms with Crippen molar-refractivity contribution in [2.24, 2.45) is 0 Å². The third kappa shape index (κ3) is 4.31. The van der Waals surface area contributed by atoms with Gasteiger partial charge in [0.1, 0.15) is 0 Å². The topological polar surface area (TPSA) is 69.6 Å². The van der Waals surface area contributed by atoms with Crippen molar-refractivity contribution >= 4 is 34.8 Å². The van der Waals surface area contributed by atoms with Crippen LogP contribution >= 0.6 is 11.6 Å². The van der Waals surface area contributed by atoms with E-state index >= 15 is 0 Å². The summed E-state index contributed by atoms with van der Waals surface area (Å²) in [5.41, 5.74) is 2.58. The number of amides is 2. The molecule has 1 aliphatic rings. The van der Waals surface area contributed by atoms with Crippen molar-refractivity contribution in [2.45, 2.75) is 19.9 Å². The number of anilines is 2. The van der Waals surface area contributed by atoms with E-state index in [9.17, 15) is 14.7 Å². The molecule has 0 aliphatic carbocycles. The number of rotatable bonds is 3. The zero-order chi connectivity index (χ0) is 25.5. The zero-order valence-electron chi connectivity index (χ0n) is 20.5. The van der Waals surface area contributed by atoms with Crippen LogP contribution in [0.2, 0.25) is 5.02 Å². The number of nitrogens with zero attached hydrogens (tertiary/aromatic N) is 1. The summed E-state index contributed by atoms with van der Waals surface area (Å²) in [5.74, 6) is -0.952. The normalized spacial score (nSPS) is 20.4. The van der Waals surface area contributed by atoms with Crippen LogP contribution in [0.4, 0.5) is 11.4 Å². The number of aryl methyl sites for hydroxylation is 2. The average molecular weight is 450 g/mol. The van der Waals surface area contributed by atoms with Crippen LogP contribution in [0, 0.1) is 13.8 Å². The minimum atomic E-state index is -2.34. The monoisotopic (exact) mass is 449 g/mol. The Kier molecular flexibility index (Phi) is 5.11. The Morgan fingerprint density at radius 3 is 2.62 bits per heavy atom. The quantitative estimate of drug-likeness (QED) is 0.521. The van der Waals surface area contributed by atoms with Gasteiger partial charge in [0.15, 0.2) is 0 Å². The molecule has 0 saturated carbocycles. The maximum Gasteiger partial charge on any atom is 0.258 e. The molecule has 1 aliphatic heterocycles. The van der Waals surface area contributed by atoms with E-state index in [0.29, 0.717) is 16.8 Å². The Morgan fingerprint density at radius 2 is 1.88 bits per heavy atom. The van der Waals surface area contributed by atoms with Crippen LogP contribution in [0.3, 0.4) is 0 Å². The van der Waals surface area contributed by atoms with Crippen molar-refractivity contribution in [1.29, 1.82) is 0 Å². The second kappa shape index (κ2) is 8.99. The smallest absolute Gasteiger partial charge is 0.258 e. The molecular formula is C26H23ClN2O3. The van der Waals surface area contributed by atoms with Crippen LogP contribution in [0.1, 0.15) is 47.6 Å². The predicted octanol–water partition coefficient (Wildman–Crippen LogP) is 5.46. The first-order valence-corrected chi connectivity index (χ1v) is 10.3. The molecular weight excluding hydrogens is 424 g/mol. The first kappa shape index (κ1) is 18.2. The lowest BCUT2D eigenvalue weighted by Crippen LogP contribution is -2.32. The van der Waals surface area contributed by atoms with Crippen molar-refractivity contribution in [3.63, 3.8) is 0 Å². The molecule has 0 bridgehead atoms. The Bertz CT molecular complexity index is 1370. The standard InChI is InChI=1S/C26H23ClN2O3/c1-16-6-3-4-7-20(16)25(31)28-19-10-11-21(17(2)14-19)26(32)29-13-5-8-24(30)22-15-18(27)9-12-23(22)29/h3-12,14-15,24,30H,13H2,1-2H3,(H,28,31)/i13D2,24D. The third-order valence-electron chi connectivity index (χ3n) is 5.23. The molecule has 2 N–H and O–H groups in total. The van der Waals surface area contributed by atoms with Gasteiger partial charge in [-0.3, -0.25) is 9.59 Å². The van der Waals surface area contributed by atoms with E-state index in [1.807, 2.05) is 19.1 Å². The van der Waals surface area contributed by atoms with Crippen LogP contribution < -0.4 is 10.2 Å². The number of benzene rings is 3. The highest BCUT2D eigenvalue weighted by Crippen LogP contribution is 2.33. The van der Waals surface area contributed by atoms with E-state index in [-0.39, 0.29) is 27.7 Å². The van der Waals surface area contributed by atoms with Gasteiger partial charge in [0, 0.05) is 33.9 Å². The van der Waals surface area contributed by atoms with Crippen molar-refractivity contribution in [1.82, 2.24) is 0 Å². The maximum absolute atomic E-state index is 13.6. The lowest BCUT2D eigenvalue weighted by atomic mass is 10.0. The summed E-state index contributed by atoms with van der Waals surface area (Å²) < 4.78 is 25.2. The van der Waals surface area contributed by atoms with Gasteiger partial charge in [-0.25, -0.2) is 0 Å². The van der Waals surface area contributed by atoms with Crippen molar-refractivity contribution in [2.75, 3.05) is 16.7 Å². The molecule has 3 aromatic rings. The molecule has 0 fully saturated rings. The van der Waals surface area contributed by atoms with Gasteiger partial charge in [-0.2, -0.15) is 0 Å². The highest BCUT2D eigenvalue weighted by atomic mass is 35.5. The SMILES string of the molecule is [2H]C1(O)C=CC([2H])([2H])N(C(=O)c2ccc(NC(=O)c3ccccc3C)cc2C)c2ccc(Cl)cc21. The van der Waals surface area contributed by atoms with Crippen LogP contribution in [-0.2, 0) is 0 Å². The Hall–Kier alpha value is -3.41. The molecule has 1 heterocycles. The summed E-state index contributed by atoms with van der Waals surface area (Å²) in [4.78, 5) is 27.2. The van der Waals surface area contributed by atoms with Gasteiger partial charge in [0.2, 0.25) is 0 Å². The Labute approximate surface area is 196 Å². The van der Waals surface area contributed by atoms with Gasteiger partial charge < -0.3 is 15.3 Å². The van der Waals surface area contributed by atoms with Gasteiger partial charge in [0.05, 0.1) is 15.9 Å². The largest absolute Gasteiger partial charge is 0.384 e. The minimum Gasteiger partial charge on any atom is -0.384 e. The third-order valence-corrected chi connectivity index (χ3v) is 5.46. The van der Waals surface area contributed by atoms with Crippen LogP contribution in [0.5, 0.6) is 0 Å². The molecule has 0 spiro atoms. The number of hydrogen-bond acceptors (Lipinski definition) is 3. The fraction of sp³-hybridized carbons (Fsp3) is 0.154. The van der Waals surface area contributed by atoms with E-state index in [1.54, 1.807) is 31.2 Å².